The SMILES string of the molecule is CC[C@H]1Cc2ncccc2S(=O)(=O)N(Cc2cc([C@@H](c3ccc4c(nnn4CC)c3C)C(C)(C)C(=O)Cc3cccnc3)ccc2C)C1. The summed E-state index contributed by atoms with van der Waals surface area (Å²) in [5.41, 5.74) is 7.26. The molecule has 0 saturated heterocycles. The van der Waals surface area contributed by atoms with Crippen LogP contribution in [0.25, 0.3) is 11.0 Å². The zero-order valence-corrected chi connectivity index (χ0v) is 29.5. The molecule has 2 aromatic carbocycles. The third-order valence-corrected chi connectivity index (χ3v) is 12.0. The fourth-order valence-electron chi connectivity index (χ4n) is 7.12. The zero-order chi connectivity index (χ0) is 34.2. The molecule has 3 aromatic heterocycles. The van der Waals surface area contributed by atoms with E-state index in [-0.39, 0.29) is 30.6 Å². The maximum atomic E-state index is 14.3. The van der Waals surface area contributed by atoms with Gasteiger partial charge in [0.2, 0.25) is 10.0 Å². The summed E-state index contributed by atoms with van der Waals surface area (Å²) in [6, 6.07) is 17.5. The first-order valence-corrected chi connectivity index (χ1v) is 18.2. The summed E-state index contributed by atoms with van der Waals surface area (Å²) >= 11 is 0. The van der Waals surface area contributed by atoms with Crippen LogP contribution in [-0.2, 0) is 40.7 Å². The number of hydrogen-bond acceptors (Lipinski definition) is 7. The molecule has 0 unspecified atom stereocenters. The molecule has 1 aliphatic rings. The van der Waals surface area contributed by atoms with Crippen molar-refractivity contribution in [2.75, 3.05) is 6.54 Å². The summed E-state index contributed by atoms with van der Waals surface area (Å²) in [4.78, 5) is 23.3. The first-order chi connectivity index (χ1) is 22.9. The molecule has 1 aliphatic heterocycles. The molecular formula is C38H44N6O3S. The fraction of sp³-hybridized carbons (Fsp3) is 0.395. The van der Waals surface area contributed by atoms with Crippen molar-refractivity contribution in [1.82, 2.24) is 29.3 Å². The van der Waals surface area contributed by atoms with E-state index >= 15 is 0 Å². The number of rotatable bonds is 10. The maximum absolute atomic E-state index is 14.3. The highest BCUT2D eigenvalue weighted by Crippen LogP contribution is 2.45. The molecule has 48 heavy (non-hydrogen) atoms. The van der Waals surface area contributed by atoms with Crippen LogP contribution in [0.15, 0.2) is 78.1 Å². The molecule has 0 amide bonds. The first-order valence-electron chi connectivity index (χ1n) is 16.7. The van der Waals surface area contributed by atoms with Gasteiger partial charge < -0.3 is 0 Å². The summed E-state index contributed by atoms with van der Waals surface area (Å²) in [5, 5.41) is 8.90. The average Bonchev–Trinajstić information content (AvgIpc) is 3.46. The standard InChI is InChI=1S/C38H44N6O3S/c1-7-27-19-32-34(12-10-18-40-32)48(46,47)43(23-27)24-30-21-29(14-13-25(30)3)36(38(5,6)35(45)20-28-11-9-17-39-22-28)31-15-16-33-37(26(31)4)41-42-44(33)8-2/h9-18,21-22,27,36H,7-8,19-20,23-24H2,1-6H3/t27-,36-/m0/s1. The van der Waals surface area contributed by atoms with Crippen LogP contribution in [-0.4, -0.2) is 50.0 Å². The molecule has 10 heteroatoms. The van der Waals surface area contributed by atoms with Gasteiger partial charge in [-0.2, -0.15) is 4.31 Å². The van der Waals surface area contributed by atoms with Crippen molar-refractivity contribution in [3.8, 4) is 0 Å². The number of carbonyl (C=O) groups is 1. The molecule has 0 aliphatic carbocycles. The molecule has 0 saturated carbocycles. The van der Waals surface area contributed by atoms with Crippen LogP contribution in [0.1, 0.15) is 79.1 Å². The summed E-state index contributed by atoms with van der Waals surface area (Å²) in [5.74, 6) is -0.0994. The Morgan fingerprint density at radius 3 is 2.56 bits per heavy atom. The molecule has 5 aromatic rings. The quantitative estimate of drug-likeness (QED) is 0.165. The normalized spacial score (nSPS) is 17.2. The van der Waals surface area contributed by atoms with E-state index in [9.17, 15) is 13.2 Å². The van der Waals surface area contributed by atoms with Gasteiger partial charge in [0, 0.05) is 56.0 Å². The molecule has 9 nitrogen and oxygen atoms in total. The van der Waals surface area contributed by atoms with E-state index in [2.05, 4.69) is 58.4 Å². The van der Waals surface area contributed by atoms with Gasteiger partial charge in [-0.3, -0.25) is 14.8 Å². The van der Waals surface area contributed by atoms with Gasteiger partial charge in [0.25, 0.3) is 0 Å². The highest BCUT2D eigenvalue weighted by atomic mass is 32.2. The van der Waals surface area contributed by atoms with Crippen molar-refractivity contribution in [1.29, 1.82) is 0 Å². The number of carbonyl (C=O) groups excluding carboxylic acids is 1. The van der Waals surface area contributed by atoms with Gasteiger partial charge in [-0.1, -0.05) is 62.7 Å². The van der Waals surface area contributed by atoms with Crippen molar-refractivity contribution in [3.63, 3.8) is 0 Å². The Morgan fingerprint density at radius 1 is 1.04 bits per heavy atom. The largest absolute Gasteiger partial charge is 0.299 e. The molecule has 250 valence electrons. The first kappa shape index (κ1) is 33.6. The molecule has 6 rings (SSSR count). The second-order valence-electron chi connectivity index (χ2n) is 13.6. The number of hydrogen-bond donors (Lipinski definition) is 0. The van der Waals surface area contributed by atoms with Gasteiger partial charge in [0.15, 0.2) is 0 Å². The maximum Gasteiger partial charge on any atom is 0.245 e. The lowest BCUT2D eigenvalue weighted by Crippen LogP contribution is -2.35. The predicted octanol–water partition coefficient (Wildman–Crippen LogP) is 6.60. The zero-order valence-electron chi connectivity index (χ0n) is 28.6. The van der Waals surface area contributed by atoms with Gasteiger partial charge in [-0.25, -0.2) is 13.1 Å². The second kappa shape index (κ2) is 13.3. The number of aryl methyl sites for hydroxylation is 3. The van der Waals surface area contributed by atoms with Crippen LogP contribution in [0.2, 0.25) is 0 Å². The van der Waals surface area contributed by atoms with Crippen molar-refractivity contribution in [3.05, 3.63) is 112 Å². The van der Waals surface area contributed by atoms with Crippen LogP contribution in [0, 0.1) is 25.2 Å². The Morgan fingerprint density at radius 2 is 1.83 bits per heavy atom. The molecule has 0 spiro atoms. The van der Waals surface area contributed by atoms with E-state index < -0.39 is 15.4 Å². The Kier molecular flexibility index (Phi) is 9.33. The van der Waals surface area contributed by atoms with Gasteiger partial charge >= 0.3 is 0 Å². The minimum absolute atomic E-state index is 0.0873. The van der Waals surface area contributed by atoms with E-state index in [0.29, 0.717) is 30.1 Å². The number of aromatic nitrogens is 5. The summed E-state index contributed by atoms with van der Waals surface area (Å²) in [6.07, 6.45) is 6.85. The van der Waals surface area contributed by atoms with E-state index in [1.807, 2.05) is 50.6 Å². The number of pyridine rings is 2. The number of ketones is 1. The average molecular weight is 665 g/mol. The number of fused-ring (bicyclic) bond motifs is 2. The Balaban J connectivity index is 1.46. The monoisotopic (exact) mass is 664 g/mol. The van der Waals surface area contributed by atoms with Crippen molar-refractivity contribution in [2.24, 2.45) is 11.3 Å². The van der Waals surface area contributed by atoms with Crippen LogP contribution < -0.4 is 0 Å². The highest BCUT2D eigenvalue weighted by molar-refractivity contribution is 7.89. The number of Topliss-reactive ketones (excluding diaryl/α,β-unsaturated/α-hetero) is 1. The van der Waals surface area contributed by atoms with Crippen LogP contribution in [0.3, 0.4) is 0 Å². The minimum atomic E-state index is -3.78. The molecule has 2 atom stereocenters. The predicted molar refractivity (Wildman–Crippen MR) is 187 cm³/mol. The lowest BCUT2D eigenvalue weighted by Gasteiger charge is -2.35. The summed E-state index contributed by atoms with van der Waals surface area (Å²) in [6.45, 7) is 13.6. The topological polar surface area (TPSA) is 111 Å². The highest BCUT2D eigenvalue weighted by Gasteiger charge is 2.40. The van der Waals surface area contributed by atoms with E-state index in [1.54, 1.807) is 35.0 Å². The van der Waals surface area contributed by atoms with Crippen molar-refractivity contribution >= 4 is 26.8 Å². The van der Waals surface area contributed by atoms with Gasteiger partial charge in [0.05, 0.1) is 11.2 Å². The lowest BCUT2D eigenvalue weighted by molar-refractivity contribution is -0.127. The Labute approximate surface area is 283 Å². The van der Waals surface area contributed by atoms with Crippen molar-refractivity contribution in [2.45, 2.75) is 84.7 Å². The van der Waals surface area contributed by atoms with Crippen molar-refractivity contribution < 1.29 is 13.2 Å². The summed E-state index contributed by atoms with van der Waals surface area (Å²) < 4.78 is 31.7. The van der Waals surface area contributed by atoms with E-state index in [4.69, 9.17) is 0 Å². The molecule has 0 fully saturated rings. The number of sulfonamides is 1. The molecule has 4 heterocycles. The van der Waals surface area contributed by atoms with Gasteiger partial charge in [-0.05, 0) is 90.8 Å². The van der Waals surface area contributed by atoms with Crippen LogP contribution in [0.5, 0.6) is 0 Å². The smallest absolute Gasteiger partial charge is 0.245 e. The lowest BCUT2D eigenvalue weighted by atomic mass is 9.66. The molecule has 0 bridgehead atoms. The fourth-order valence-corrected chi connectivity index (χ4v) is 8.80. The van der Waals surface area contributed by atoms with Gasteiger partial charge in [-0.15, -0.1) is 5.10 Å². The third kappa shape index (κ3) is 6.19. The summed E-state index contributed by atoms with van der Waals surface area (Å²) in [7, 11) is -3.78. The molecule has 0 N–H and O–H groups in total. The van der Waals surface area contributed by atoms with Gasteiger partial charge in [0.1, 0.15) is 16.2 Å². The van der Waals surface area contributed by atoms with Crippen LogP contribution in [0.4, 0.5) is 0 Å². The molecular weight excluding hydrogens is 621 g/mol. The van der Waals surface area contributed by atoms with E-state index in [0.717, 1.165) is 50.8 Å². The second-order valence-corrected chi connectivity index (χ2v) is 15.5. The number of nitrogens with zero attached hydrogens (tertiary/aromatic N) is 6. The molecule has 0 radical (unpaired) electrons. The Hall–Kier alpha value is -4.28. The number of benzene rings is 2. The Bertz CT molecular complexity index is 2070. The minimum Gasteiger partial charge on any atom is -0.299 e. The van der Waals surface area contributed by atoms with Crippen LogP contribution >= 0.6 is 0 Å². The third-order valence-electron chi connectivity index (χ3n) is 10.2. The van der Waals surface area contributed by atoms with E-state index in [1.165, 1.54) is 0 Å².